The predicted molar refractivity (Wildman–Crippen MR) is 88.9 cm³/mol. The third-order valence-electron chi connectivity index (χ3n) is 4.15. The van der Waals surface area contributed by atoms with Crippen LogP contribution in [-0.2, 0) is 19.2 Å². The van der Waals surface area contributed by atoms with Crippen LogP contribution in [0.4, 0.5) is 0 Å². The van der Waals surface area contributed by atoms with E-state index in [-0.39, 0.29) is 19.1 Å². The van der Waals surface area contributed by atoms with Gasteiger partial charge in [-0.1, -0.05) is 13.3 Å². The van der Waals surface area contributed by atoms with Crippen LogP contribution in [0.1, 0.15) is 26.7 Å². The van der Waals surface area contributed by atoms with Crippen molar-refractivity contribution in [3.05, 3.63) is 0 Å². The Hall–Kier alpha value is -2.24. The van der Waals surface area contributed by atoms with Crippen LogP contribution in [0.25, 0.3) is 0 Å². The Morgan fingerprint density at radius 2 is 1.00 bits per heavy atom. The number of nitrogens with zero attached hydrogens (tertiary/aromatic N) is 3. The topological polar surface area (TPSA) is 170 Å². The molecule has 0 aliphatic carbocycles. The first kappa shape index (κ1) is 25.8. The lowest BCUT2D eigenvalue weighted by molar-refractivity contribution is -0.312. The summed E-state index contributed by atoms with van der Waals surface area (Å²) in [4.78, 5) is 47.4. The van der Waals surface area contributed by atoms with E-state index < -0.39 is 50.1 Å². The minimum absolute atomic E-state index is 0.0329. The Morgan fingerprint density at radius 1 is 0.679 bits per heavy atom. The first-order valence-corrected chi connectivity index (χ1v) is 9.03. The van der Waals surface area contributed by atoms with E-state index in [1.54, 1.807) is 0 Å². The van der Waals surface area contributed by atoms with Crippen LogP contribution in [0.2, 0.25) is 0 Å². The largest absolute Gasteiger partial charge is 0.549 e. The molecule has 0 fully saturated rings. The SMILES string of the molecule is CCCC(C)N(CCN(CC(=O)[O-])CC(=O)[O-])CCN(CC(=O)[O-])CC(=O)[O-]. The fourth-order valence-electron chi connectivity index (χ4n) is 2.85. The van der Waals surface area contributed by atoms with Crippen LogP contribution in [0.3, 0.4) is 0 Å². The van der Waals surface area contributed by atoms with Gasteiger partial charge in [-0.25, -0.2) is 0 Å². The molecule has 0 saturated heterocycles. The van der Waals surface area contributed by atoms with E-state index in [0.717, 1.165) is 22.6 Å². The maximum absolute atomic E-state index is 10.8. The third-order valence-corrected chi connectivity index (χ3v) is 4.15. The minimum atomic E-state index is -1.41. The van der Waals surface area contributed by atoms with Crippen LogP contribution in [-0.4, -0.2) is 97.0 Å². The molecule has 0 aromatic heterocycles. The smallest absolute Gasteiger partial charge is 0.0555 e. The van der Waals surface area contributed by atoms with Gasteiger partial charge in [-0.3, -0.25) is 14.7 Å². The van der Waals surface area contributed by atoms with E-state index in [2.05, 4.69) is 0 Å². The van der Waals surface area contributed by atoms with Crippen molar-refractivity contribution < 1.29 is 39.6 Å². The average molecular weight is 401 g/mol. The van der Waals surface area contributed by atoms with Crippen molar-refractivity contribution in [2.45, 2.75) is 32.7 Å². The molecule has 1 atom stereocenters. The lowest BCUT2D eigenvalue weighted by Gasteiger charge is -2.34. The average Bonchev–Trinajstić information content (AvgIpc) is 2.52. The van der Waals surface area contributed by atoms with Crippen LogP contribution in [0, 0.1) is 0 Å². The van der Waals surface area contributed by atoms with Gasteiger partial charge in [-0.15, -0.1) is 0 Å². The first-order valence-electron chi connectivity index (χ1n) is 9.03. The van der Waals surface area contributed by atoms with Crippen molar-refractivity contribution in [2.75, 3.05) is 52.4 Å². The summed E-state index contributed by atoms with van der Waals surface area (Å²) >= 11 is 0. The molecule has 0 radical (unpaired) electrons. The highest BCUT2D eigenvalue weighted by atomic mass is 16.4. The highest BCUT2D eigenvalue weighted by molar-refractivity contribution is 5.70. The van der Waals surface area contributed by atoms with Gasteiger partial charge in [0.25, 0.3) is 0 Å². The highest BCUT2D eigenvalue weighted by Crippen LogP contribution is 2.07. The number of hydrogen-bond donors (Lipinski definition) is 0. The highest BCUT2D eigenvalue weighted by Gasteiger charge is 2.17. The summed E-state index contributed by atoms with van der Waals surface area (Å²) in [6.45, 7) is 2.46. The van der Waals surface area contributed by atoms with Crippen molar-refractivity contribution in [3.63, 3.8) is 0 Å². The molecule has 11 heteroatoms. The Balaban J connectivity index is 4.98. The monoisotopic (exact) mass is 401 g/mol. The number of rotatable bonds is 17. The Bertz CT molecular complexity index is 457. The maximum Gasteiger partial charge on any atom is 0.0555 e. The molecule has 0 bridgehead atoms. The van der Waals surface area contributed by atoms with Crippen molar-refractivity contribution in [1.29, 1.82) is 0 Å². The maximum atomic E-state index is 10.8. The molecule has 0 N–H and O–H groups in total. The van der Waals surface area contributed by atoms with E-state index in [4.69, 9.17) is 0 Å². The normalized spacial score (nSPS) is 12.5. The zero-order valence-corrected chi connectivity index (χ0v) is 16.3. The molecule has 28 heavy (non-hydrogen) atoms. The molecule has 0 aliphatic rings. The minimum Gasteiger partial charge on any atom is -0.549 e. The lowest BCUT2D eigenvalue weighted by Crippen LogP contribution is -2.50. The predicted octanol–water partition coefficient (Wildman–Crippen LogP) is -5.92. The van der Waals surface area contributed by atoms with Crippen LogP contribution >= 0.6 is 0 Å². The molecule has 0 rings (SSSR count). The van der Waals surface area contributed by atoms with E-state index in [9.17, 15) is 39.6 Å². The number of hydrogen-bond acceptors (Lipinski definition) is 11. The summed E-state index contributed by atoms with van der Waals surface area (Å²) in [5, 5.41) is 43.1. The molecular formula is C17H27N3O8-4. The van der Waals surface area contributed by atoms with Gasteiger partial charge in [0, 0.05) is 58.4 Å². The van der Waals surface area contributed by atoms with Gasteiger partial charge in [0.2, 0.25) is 0 Å². The third kappa shape index (κ3) is 13.0. The Morgan fingerprint density at radius 3 is 1.25 bits per heavy atom. The molecular weight excluding hydrogens is 374 g/mol. The van der Waals surface area contributed by atoms with E-state index in [0.29, 0.717) is 13.1 Å². The Kier molecular flexibility index (Phi) is 12.7. The zero-order valence-electron chi connectivity index (χ0n) is 16.3. The molecule has 0 spiro atoms. The van der Waals surface area contributed by atoms with Crippen LogP contribution in [0.15, 0.2) is 0 Å². The first-order chi connectivity index (χ1) is 13.0. The molecule has 1 unspecified atom stereocenters. The van der Waals surface area contributed by atoms with Gasteiger partial charge < -0.3 is 39.6 Å². The summed E-state index contributed by atoms with van der Waals surface area (Å²) < 4.78 is 0. The summed E-state index contributed by atoms with van der Waals surface area (Å²) in [7, 11) is 0. The van der Waals surface area contributed by atoms with Gasteiger partial charge >= 0.3 is 0 Å². The molecule has 0 heterocycles. The number of aliphatic carboxylic acids is 4. The molecule has 0 amide bonds. The summed E-state index contributed by atoms with van der Waals surface area (Å²) in [6, 6.07) is 0.0329. The molecule has 0 saturated carbocycles. The van der Waals surface area contributed by atoms with E-state index in [1.807, 2.05) is 18.7 Å². The Labute approximate surface area is 164 Å². The molecule has 0 aromatic carbocycles. The van der Waals surface area contributed by atoms with Crippen LogP contribution < -0.4 is 20.4 Å². The van der Waals surface area contributed by atoms with Crippen molar-refractivity contribution in [1.82, 2.24) is 14.7 Å². The second-order valence-corrected chi connectivity index (χ2v) is 6.58. The van der Waals surface area contributed by atoms with Gasteiger partial charge in [0.05, 0.1) is 23.9 Å². The second-order valence-electron chi connectivity index (χ2n) is 6.58. The summed E-state index contributed by atoms with van der Waals surface area (Å²) in [6.07, 6.45) is 1.66. The standard InChI is InChI=1S/C17H31N3O8/c1-3-4-13(2)20(7-5-18(9-14(21)22)10-15(23)24)8-6-19(11-16(25)26)12-17(27)28/h13H,3-12H2,1-2H3,(H,21,22)(H,23,24)(H,25,26)(H,27,28)/p-4. The molecule has 0 aliphatic heterocycles. The quantitative estimate of drug-likeness (QED) is 0.227. The fourth-order valence-corrected chi connectivity index (χ4v) is 2.85. The zero-order chi connectivity index (χ0) is 21.7. The van der Waals surface area contributed by atoms with Gasteiger partial charge in [-0.2, -0.15) is 0 Å². The number of carboxylic acids is 4. The number of carboxylic acid groups (broad SMARTS) is 4. The second kappa shape index (κ2) is 13.9. The number of carbonyl (C=O) groups excluding carboxylic acids is 4. The molecule has 11 nitrogen and oxygen atoms in total. The summed E-state index contributed by atoms with van der Waals surface area (Å²) in [5.41, 5.74) is 0. The van der Waals surface area contributed by atoms with Gasteiger partial charge in [-0.05, 0) is 13.3 Å². The van der Waals surface area contributed by atoms with E-state index in [1.165, 1.54) is 0 Å². The van der Waals surface area contributed by atoms with E-state index >= 15 is 0 Å². The molecule has 0 aromatic rings. The van der Waals surface area contributed by atoms with Crippen LogP contribution in [0.5, 0.6) is 0 Å². The number of carbonyl (C=O) groups is 4. The van der Waals surface area contributed by atoms with Crippen molar-refractivity contribution in [2.24, 2.45) is 0 Å². The van der Waals surface area contributed by atoms with Crippen molar-refractivity contribution in [3.8, 4) is 0 Å². The van der Waals surface area contributed by atoms with Crippen molar-refractivity contribution >= 4 is 23.9 Å². The van der Waals surface area contributed by atoms with Gasteiger partial charge in [0.1, 0.15) is 0 Å². The molecule has 162 valence electrons. The fraction of sp³-hybridized carbons (Fsp3) is 0.765. The van der Waals surface area contributed by atoms with Gasteiger partial charge in [0.15, 0.2) is 0 Å². The summed E-state index contributed by atoms with van der Waals surface area (Å²) in [5.74, 6) is -5.65. The lowest BCUT2D eigenvalue weighted by atomic mass is 10.1.